The minimum absolute atomic E-state index is 0.0535. The van der Waals surface area contributed by atoms with Crippen LogP contribution in [0.15, 0.2) is 47.4 Å². The summed E-state index contributed by atoms with van der Waals surface area (Å²) >= 11 is 1.14. The van der Waals surface area contributed by atoms with E-state index in [-0.39, 0.29) is 11.4 Å². The van der Waals surface area contributed by atoms with Crippen molar-refractivity contribution in [3.8, 4) is 6.07 Å². The molecule has 156 valence electrons. The van der Waals surface area contributed by atoms with Crippen molar-refractivity contribution < 1.29 is 22.4 Å². The van der Waals surface area contributed by atoms with Crippen molar-refractivity contribution in [2.45, 2.75) is 24.3 Å². The number of hydrogen-bond donors (Lipinski definition) is 0. The van der Waals surface area contributed by atoms with Crippen LogP contribution in [-0.2, 0) is 14.8 Å². The molecule has 1 fully saturated rings. The summed E-state index contributed by atoms with van der Waals surface area (Å²) in [6, 6.07) is 11.0. The number of imide groups is 1. The summed E-state index contributed by atoms with van der Waals surface area (Å²) in [5.41, 5.74) is -0.556. The average molecular weight is 448 g/mol. The van der Waals surface area contributed by atoms with Crippen molar-refractivity contribution in [1.29, 1.82) is 5.26 Å². The van der Waals surface area contributed by atoms with Crippen LogP contribution >= 0.6 is 11.8 Å². The highest BCUT2D eigenvalue weighted by atomic mass is 32.2. The SMILES string of the molecule is Cc1cc(N2C(=O)N(S(C)(=O)=O)[C@@](C)(CSc3ccc(F)cc3)C2=O)ccc1C#N. The highest BCUT2D eigenvalue weighted by Crippen LogP contribution is 2.38. The van der Waals surface area contributed by atoms with Crippen LogP contribution in [0.25, 0.3) is 0 Å². The first kappa shape index (κ1) is 21.8. The Balaban J connectivity index is 2.01. The van der Waals surface area contributed by atoms with Gasteiger partial charge in [0.15, 0.2) is 0 Å². The second-order valence-corrected chi connectivity index (χ2v) is 9.96. The molecule has 0 unspecified atom stereocenters. The minimum atomic E-state index is -4.07. The number of halogens is 1. The zero-order valence-electron chi connectivity index (χ0n) is 16.4. The minimum Gasteiger partial charge on any atom is -0.271 e. The maximum atomic E-state index is 13.3. The lowest BCUT2D eigenvalue weighted by Crippen LogP contribution is -2.51. The predicted molar refractivity (Wildman–Crippen MR) is 111 cm³/mol. The van der Waals surface area contributed by atoms with Gasteiger partial charge in [-0.15, -0.1) is 11.8 Å². The topological polar surface area (TPSA) is 98.6 Å². The van der Waals surface area contributed by atoms with Crippen LogP contribution in [0.1, 0.15) is 18.1 Å². The first-order valence-electron chi connectivity index (χ1n) is 8.77. The van der Waals surface area contributed by atoms with E-state index in [4.69, 9.17) is 5.26 Å². The number of sulfonamides is 1. The number of nitrogens with zero attached hydrogens (tertiary/aromatic N) is 3. The Kier molecular flexibility index (Phi) is 5.62. The Morgan fingerprint density at radius 3 is 2.33 bits per heavy atom. The van der Waals surface area contributed by atoms with Crippen molar-refractivity contribution in [2.75, 3.05) is 16.9 Å². The molecule has 0 radical (unpaired) electrons. The van der Waals surface area contributed by atoms with Crippen LogP contribution in [-0.4, -0.2) is 42.2 Å². The highest BCUT2D eigenvalue weighted by molar-refractivity contribution is 7.99. The third kappa shape index (κ3) is 3.78. The van der Waals surface area contributed by atoms with Gasteiger partial charge >= 0.3 is 6.03 Å². The number of urea groups is 1. The first-order chi connectivity index (χ1) is 14.0. The molecule has 7 nitrogen and oxygen atoms in total. The summed E-state index contributed by atoms with van der Waals surface area (Å²) in [4.78, 5) is 27.8. The smallest absolute Gasteiger partial charge is 0.271 e. The van der Waals surface area contributed by atoms with E-state index in [1.165, 1.54) is 49.4 Å². The predicted octanol–water partition coefficient (Wildman–Crippen LogP) is 3.29. The van der Waals surface area contributed by atoms with E-state index in [1.807, 2.05) is 6.07 Å². The molecule has 1 aliphatic rings. The van der Waals surface area contributed by atoms with Crippen LogP contribution in [0.2, 0.25) is 0 Å². The number of anilines is 1. The molecule has 30 heavy (non-hydrogen) atoms. The number of carbonyl (C=O) groups is 2. The maximum Gasteiger partial charge on any atom is 0.346 e. The number of thioether (sulfide) groups is 1. The van der Waals surface area contributed by atoms with Crippen molar-refractivity contribution in [2.24, 2.45) is 0 Å². The molecule has 0 N–H and O–H groups in total. The van der Waals surface area contributed by atoms with E-state index < -0.39 is 33.3 Å². The monoisotopic (exact) mass is 447 g/mol. The zero-order chi connectivity index (χ0) is 22.3. The molecule has 3 rings (SSSR count). The Hall–Kier alpha value is -2.90. The Morgan fingerprint density at radius 1 is 1.17 bits per heavy atom. The Bertz CT molecular complexity index is 1180. The largest absolute Gasteiger partial charge is 0.346 e. The third-order valence-electron chi connectivity index (χ3n) is 4.73. The van der Waals surface area contributed by atoms with Gasteiger partial charge in [0.1, 0.15) is 11.4 Å². The van der Waals surface area contributed by atoms with Gasteiger partial charge in [0.05, 0.1) is 23.6 Å². The van der Waals surface area contributed by atoms with Gasteiger partial charge in [-0.2, -0.15) is 5.26 Å². The number of nitriles is 1. The Labute approximate surface area is 178 Å². The number of aryl methyl sites for hydroxylation is 1. The van der Waals surface area contributed by atoms with Gasteiger partial charge in [-0.25, -0.2) is 26.8 Å². The molecule has 0 aliphatic carbocycles. The van der Waals surface area contributed by atoms with Crippen molar-refractivity contribution >= 4 is 39.4 Å². The molecule has 3 amide bonds. The fraction of sp³-hybridized carbons (Fsp3) is 0.250. The number of hydrogen-bond acceptors (Lipinski definition) is 6. The van der Waals surface area contributed by atoms with E-state index in [2.05, 4.69) is 0 Å². The molecule has 1 saturated heterocycles. The van der Waals surface area contributed by atoms with E-state index in [9.17, 15) is 22.4 Å². The normalized spacial score (nSPS) is 19.3. The van der Waals surface area contributed by atoms with E-state index in [0.717, 1.165) is 22.9 Å². The van der Waals surface area contributed by atoms with Crippen molar-refractivity contribution in [3.05, 3.63) is 59.4 Å². The molecule has 0 aromatic heterocycles. The van der Waals surface area contributed by atoms with Crippen LogP contribution in [0.5, 0.6) is 0 Å². The quantitative estimate of drug-likeness (QED) is 0.515. The molecular weight excluding hydrogens is 429 g/mol. The molecule has 0 saturated carbocycles. The summed E-state index contributed by atoms with van der Waals surface area (Å²) in [6.45, 7) is 3.05. The van der Waals surface area contributed by atoms with Crippen LogP contribution in [0.3, 0.4) is 0 Å². The zero-order valence-corrected chi connectivity index (χ0v) is 18.1. The lowest BCUT2D eigenvalue weighted by molar-refractivity contribution is -0.122. The molecular formula is C20H18FN3O4S2. The summed E-state index contributed by atoms with van der Waals surface area (Å²) < 4.78 is 38.6. The summed E-state index contributed by atoms with van der Waals surface area (Å²) in [5, 5.41) is 9.09. The molecule has 1 aliphatic heterocycles. The molecule has 1 heterocycles. The second-order valence-electron chi connectivity index (χ2n) is 7.08. The van der Waals surface area contributed by atoms with Crippen molar-refractivity contribution in [3.63, 3.8) is 0 Å². The van der Waals surface area contributed by atoms with E-state index in [0.29, 0.717) is 20.3 Å². The van der Waals surface area contributed by atoms with Gasteiger partial charge in [-0.05, 0) is 61.9 Å². The van der Waals surface area contributed by atoms with Gasteiger partial charge in [0, 0.05) is 10.6 Å². The lowest BCUT2D eigenvalue weighted by atomic mass is 10.0. The first-order valence-corrected chi connectivity index (χ1v) is 11.6. The summed E-state index contributed by atoms with van der Waals surface area (Å²) in [5.74, 6) is -1.17. The maximum absolute atomic E-state index is 13.3. The highest BCUT2D eigenvalue weighted by Gasteiger charge is 2.58. The van der Waals surface area contributed by atoms with Gasteiger partial charge in [0.25, 0.3) is 5.91 Å². The van der Waals surface area contributed by atoms with E-state index >= 15 is 0 Å². The van der Waals surface area contributed by atoms with E-state index in [1.54, 1.807) is 6.92 Å². The number of carbonyl (C=O) groups excluding carboxylic acids is 2. The van der Waals surface area contributed by atoms with Gasteiger partial charge in [-0.1, -0.05) is 0 Å². The fourth-order valence-electron chi connectivity index (χ4n) is 3.24. The molecule has 0 spiro atoms. The molecule has 2 aromatic carbocycles. The summed E-state index contributed by atoms with van der Waals surface area (Å²) in [7, 11) is -4.07. The summed E-state index contributed by atoms with van der Waals surface area (Å²) in [6.07, 6.45) is 0.868. The average Bonchev–Trinajstić information content (AvgIpc) is 2.87. The number of rotatable bonds is 5. The third-order valence-corrected chi connectivity index (χ3v) is 7.27. The van der Waals surface area contributed by atoms with Crippen molar-refractivity contribution in [1.82, 2.24) is 4.31 Å². The Morgan fingerprint density at radius 2 is 1.80 bits per heavy atom. The lowest BCUT2D eigenvalue weighted by Gasteiger charge is -2.29. The van der Waals surface area contributed by atoms with Crippen LogP contribution in [0.4, 0.5) is 14.9 Å². The molecule has 10 heteroatoms. The molecule has 1 atom stereocenters. The van der Waals surface area contributed by atoms with Crippen LogP contribution < -0.4 is 4.90 Å². The van der Waals surface area contributed by atoms with Gasteiger partial charge in [-0.3, -0.25) is 4.79 Å². The van der Waals surface area contributed by atoms with Gasteiger partial charge in [0.2, 0.25) is 10.0 Å². The second kappa shape index (κ2) is 7.74. The number of amides is 3. The van der Waals surface area contributed by atoms with Gasteiger partial charge < -0.3 is 0 Å². The molecule has 2 aromatic rings. The molecule has 0 bridgehead atoms. The number of benzene rings is 2. The standard InChI is InChI=1S/C20H18FN3O4S2/c1-13-10-16(7-4-14(13)11-22)23-18(25)20(2,24(19(23)26)30(3,27)28)12-29-17-8-5-15(21)6-9-17/h4-10H,12H2,1-3H3/t20-/m0/s1. The van der Waals surface area contributed by atoms with Crippen LogP contribution in [0, 0.1) is 24.1 Å². The fourth-order valence-corrected chi connectivity index (χ4v) is 5.59.